The lowest BCUT2D eigenvalue weighted by atomic mass is 9.45. The molecule has 0 aromatic rings. The summed E-state index contributed by atoms with van der Waals surface area (Å²) in [5.41, 5.74) is 0.960. The number of carbonyl (C=O) groups excluding carboxylic acids is 4. The molecule has 4 aliphatic rings. The van der Waals surface area contributed by atoms with Gasteiger partial charge in [0.05, 0.1) is 5.92 Å². The summed E-state index contributed by atoms with van der Waals surface area (Å²) in [5.74, 6) is 0.614. The van der Waals surface area contributed by atoms with Crippen LogP contribution in [0.3, 0.4) is 0 Å². The van der Waals surface area contributed by atoms with E-state index < -0.39 is 6.10 Å². The van der Waals surface area contributed by atoms with Crippen LogP contribution in [-0.2, 0) is 28.7 Å². The van der Waals surface area contributed by atoms with Gasteiger partial charge in [-0.15, -0.1) is 0 Å². The van der Waals surface area contributed by atoms with Crippen LogP contribution in [0, 0.1) is 46.3 Å². The van der Waals surface area contributed by atoms with Crippen LogP contribution < -0.4 is 0 Å². The molecule has 0 saturated heterocycles. The van der Waals surface area contributed by atoms with Gasteiger partial charge in [0, 0.05) is 18.8 Å². The Morgan fingerprint density at radius 2 is 1.83 bits per heavy atom. The molecular weight excluding hydrogens is 444 g/mol. The lowest BCUT2D eigenvalue weighted by Crippen LogP contribution is -2.55. The zero-order valence-electron chi connectivity index (χ0n) is 22.2. The Balaban J connectivity index is 1.56. The number of carbonyl (C=O) groups is 4. The lowest BCUT2D eigenvalue weighted by molar-refractivity contribution is -0.161. The first-order chi connectivity index (χ1) is 16.4. The van der Waals surface area contributed by atoms with Gasteiger partial charge in [0.15, 0.2) is 17.7 Å². The maximum atomic E-state index is 13.1. The number of Topliss-reactive ketones (excluding diaryl/α,β-unsaturated/α-hetero) is 1. The number of esters is 2. The van der Waals surface area contributed by atoms with E-state index >= 15 is 0 Å². The number of allylic oxidation sites excluding steroid dienone is 1. The van der Waals surface area contributed by atoms with Crippen molar-refractivity contribution in [2.75, 3.05) is 6.61 Å². The van der Waals surface area contributed by atoms with Crippen LogP contribution in [-0.4, -0.2) is 36.2 Å². The summed E-state index contributed by atoms with van der Waals surface area (Å²) in [6.07, 6.45) is 6.78. The van der Waals surface area contributed by atoms with Crippen LogP contribution >= 0.6 is 0 Å². The molecule has 1 unspecified atom stereocenters. The zero-order chi connectivity index (χ0) is 25.7. The highest BCUT2D eigenvalue weighted by Gasteiger charge is 2.62. The number of rotatable bonds is 6. The van der Waals surface area contributed by atoms with Crippen molar-refractivity contribution in [2.24, 2.45) is 46.3 Å². The van der Waals surface area contributed by atoms with Gasteiger partial charge < -0.3 is 9.47 Å². The molecule has 0 aromatic carbocycles. The van der Waals surface area contributed by atoms with Crippen molar-refractivity contribution in [3.05, 3.63) is 11.6 Å². The molecule has 3 saturated carbocycles. The number of hydrogen-bond donors (Lipinski definition) is 0. The van der Waals surface area contributed by atoms with Gasteiger partial charge in [0.2, 0.25) is 0 Å². The van der Waals surface area contributed by atoms with Crippen LogP contribution in [0.2, 0.25) is 0 Å². The maximum absolute atomic E-state index is 13.1. The van der Waals surface area contributed by atoms with Crippen molar-refractivity contribution in [2.45, 2.75) is 92.6 Å². The lowest BCUT2D eigenvalue weighted by Gasteiger charge is -2.60. The SMILES string of the molecule is CCC(=O)OCC(=O)[C@H]1CC[C@H]2[C@@H]3C[C@H](C)C4=CC(=O)C(OC(=O)C(C)C)C[C@]4(C)[C@H]3CC[C@]12C. The van der Waals surface area contributed by atoms with Gasteiger partial charge in [-0.3, -0.25) is 19.2 Å². The third-order valence-electron chi connectivity index (χ3n) is 10.1. The van der Waals surface area contributed by atoms with Crippen molar-refractivity contribution in [3.8, 4) is 0 Å². The third kappa shape index (κ3) is 4.40. The summed E-state index contributed by atoms with van der Waals surface area (Å²) in [7, 11) is 0. The van der Waals surface area contributed by atoms with Gasteiger partial charge in [-0.25, -0.2) is 0 Å². The van der Waals surface area contributed by atoms with E-state index in [1.54, 1.807) is 26.8 Å². The predicted molar refractivity (Wildman–Crippen MR) is 131 cm³/mol. The quantitative estimate of drug-likeness (QED) is 0.487. The molecule has 0 radical (unpaired) electrons. The van der Waals surface area contributed by atoms with Crippen molar-refractivity contribution in [1.82, 2.24) is 0 Å². The van der Waals surface area contributed by atoms with Crippen LogP contribution in [0.1, 0.15) is 86.5 Å². The molecule has 6 nitrogen and oxygen atoms in total. The second-order valence-corrected chi connectivity index (χ2v) is 12.4. The minimum Gasteiger partial charge on any atom is -0.458 e. The highest BCUT2D eigenvalue weighted by Crippen LogP contribution is 2.67. The Morgan fingerprint density at radius 1 is 1.11 bits per heavy atom. The molecule has 8 atom stereocenters. The average Bonchev–Trinajstić information content (AvgIpc) is 3.16. The van der Waals surface area contributed by atoms with E-state index in [0.717, 1.165) is 32.1 Å². The second kappa shape index (κ2) is 9.48. The largest absolute Gasteiger partial charge is 0.458 e. The van der Waals surface area contributed by atoms with Gasteiger partial charge in [-0.05, 0) is 72.7 Å². The molecule has 0 aromatic heterocycles. The molecule has 0 N–H and O–H groups in total. The first kappa shape index (κ1) is 26.1. The molecule has 194 valence electrons. The first-order valence-corrected chi connectivity index (χ1v) is 13.6. The number of ether oxygens (including phenoxy) is 2. The summed E-state index contributed by atoms with van der Waals surface area (Å²) in [4.78, 5) is 49.9. The predicted octanol–water partition coefficient (Wildman–Crippen LogP) is 5.08. The molecule has 0 aliphatic heterocycles. The van der Waals surface area contributed by atoms with E-state index in [1.807, 2.05) is 0 Å². The number of hydrogen-bond acceptors (Lipinski definition) is 6. The summed E-state index contributed by atoms with van der Waals surface area (Å²) in [5, 5.41) is 0. The molecule has 0 spiro atoms. The molecule has 35 heavy (non-hydrogen) atoms. The molecule has 6 heteroatoms. The van der Waals surface area contributed by atoms with Crippen LogP contribution in [0.5, 0.6) is 0 Å². The molecule has 0 bridgehead atoms. The topological polar surface area (TPSA) is 86.7 Å². The van der Waals surface area contributed by atoms with Gasteiger partial charge >= 0.3 is 11.9 Å². The summed E-state index contributed by atoms with van der Waals surface area (Å²) < 4.78 is 10.9. The van der Waals surface area contributed by atoms with E-state index in [1.165, 1.54) is 5.57 Å². The second-order valence-electron chi connectivity index (χ2n) is 12.4. The van der Waals surface area contributed by atoms with E-state index in [9.17, 15) is 19.2 Å². The van der Waals surface area contributed by atoms with Crippen LogP contribution in [0.15, 0.2) is 11.6 Å². The third-order valence-corrected chi connectivity index (χ3v) is 10.1. The van der Waals surface area contributed by atoms with Crippen molar-refractivity contribution in [3.63, 3.8) is 0 Å². The molecule has 4 aliphatic carbocycles. The smallest absolute Gasteiger partial charge is 0.309 e. The van der Waals surface area contributed by atoms with Crippen LogP contribution in [0.4, 0.5) is 0 Å². The zero-order valence-corrected chi connectivity index (χ0v) is 22.2. The minimum absolute atomic E-state index is 0.0640. The van der Waals surface area contributed by atoms with E-state index in [-0.39, 0.29) is 65.1 Å². The fourth-order valence-electron chi connectivity index (χ4n) is 8.29. The number of ketones is 2. The Labute approximate surface area is 209 Å². The Bertz CT molecular complexity index is 933. The molecular formula is C29H42O6. The Hall–Kier alpha value is -1.98. The molecule has 3 fully saturated rings. The Morgan fingerprint density at radius 3 is 2.49 bits per heavy atom. The van der Waals surface area contributed by atoms with Gasteiger partial charge in [-0.1, -0.05) is 47.1 Å². The maximum Gasteiger partial charge on any atom is 0.309 e. The van der Waals surface area contributed by atoms with E-state index in [0.29, 0.717) is 24.2 Å². The fourth-order valence-corrected chi connectivity index (χ4v) is 8.29. The standard InChI is InChI=1S/C29H42O6/c1-7-26(32)34-15-24(31)21-9-8-19-18-12-17(4)22-13-23(30)25(35-27(33)16(2)3)14-29(22,6)20(18)10-11-28(19,21)5/h13,16-21,25H,7-12,14-15H2,1-6H3/t17-,18-,19-,20-,21+,25?,28-,29+/m0/s1. The molecule has 0 heterocycles. The van der Waals surface area contributed by atoms with Gasteiger partial charge in [-0.2, -0.15) is 0 Å². The highest BCUT2D eigenvalue weighted by molar-refractivity contribution is 5.97. The van der Waals surface area contributed by atoms with Gasteiger partial charge in [0.1, 0.15) is 6.61 Å². The number of fused-ring (bicyclic) bond motifs is 5. The Kier molecular flexibility index (Phi) is 7.07. The summed E-state index contributed by atoms with van der Waals surface area (Å²) in [6.45, 7) is 12.0. The van der Waals surface area contributed by atoms with E-state index in [4.69, 9.17) is 9.47 Å². The van der Waals surface area contributed by atoms with Crippen LogP contribution in [0.25, 0.3) is 0 Å². The minimum atomic E-state index is -0.705. The van der Waals surface area contributed by atoms with Crippen molar-refractivity contribution >= 4 is 23.5 Å². The summed E-state index contributed by atoms with van der Waals surface area (Å²) in [6, 6.07) is 0. The van der Waals surface area contributed by atoms with Crippen molar-refractivity contribution in [1.29, 1.82) is 0 Å². The first-order valence-electron chi connectivity index (χ1n) is 13.6. The summed E-state index contributed by atoms with van der Waals surface area (Å²) >= 11 is 0. The monoisotopic (exact) mass is 486 g/mol. The van der Waals surface area contributed by atoms with Crippen molar-refractivity contribution < 1.29 is 28.7 Å². The van der Waals surface area contributed by atoms with E-state index in [2.05, 4.69) is 20.8 Å². The fraction of sp³-hybridized carbons (Fsp3) is 0.793. The molecule has 0 amide bonds. The van der Waals surface area contributed by atoms with Gasteiger partial charge in [0.25, 0.3) is 0 Å². The normalized spacial score (nSPS) is 40.3. The molecule has 4 rings (SSSR count). The highest BCUT2D eigenvalue weighted by atomic mass is 16.5. The average molecular weight is 487 g/mol.